The van der Waals surface area contributed by atoms with Crippen molar-refractivity contribution in [3.8, 4) is 0 Å². The van der Waals surface area contributed by atoms with Gasteiger partial charge >= 0.3 is 11.9 Å². The van der Waals surface area contributed by atoms with Gasteiger partial charge in [-0.1, -0.05) is 0 Å². The second-order valence-corrected chi connectivity index (χ2v) is 13.0. The van der Waals surface area contributed by atoms with Crippen molar-refractivity contribution in [3.63, 3.8) is 0 Å². The van der Waals surface area contributed by atoms with E-state index in [1.54, 1.807) is 11.8 Å². The van der Waals surface area contributed by atoms with Gasteiger partial charge in [-0.3, -0.25) is 9.59 Å². The minimum absolute atomic E-state index is 0.00350. The molecule has 10 nitrogen and oxygen atoms in total. The normalized spacial score (nSPS) is 11.0. The highest BCUT2D eigenvalue weighted by Crippen LogP contribution is 2.13. The first-order valence-corrected chi connectivity index (χ1v) is 17.7. The van der Waals surface area contributed by atoms with Gasteiger partial charge in [0.2, 0.25) is 0 Å². The number of esters is 1. The van der Waals surface area contributed by atoms with E-state index in [9.17, 15) is 9.59 Å². The molecule has 0 spiro atoms. The summed E-state index contributed by atoms with van der Waals surface area (Å²) < 4.78 is 10.0. The van der Waals surface area contributed by atoms with Gasteiger partial charge in [0, 0.05) is 28.1 Å². The molecule has 202 valence electrons. The molecule has 0 unspecified atom stereocenters. The third kappa shape index (κ3) is 29.4. The summed E-state index contributed by atoms with van der Waals surface area (Å²) in [6.45, 7) is 1.52. The summed E-state index contributed by atoms with van der Waals surface area (Å²) in [4.78, 5) is 43.0. The molecular weight excluding hydrogens is 589 g/mol. The fourth-order valence-electron chi connectivity index (χ4n) is 1.51. The summed E-state index contributed by atoms with van der Waals surface area (Å²) in [7, 11) is 0. The van der Waals surface area contributed by atoms with Crippen molar-refractivity contribution in [2.45, 2.75) is 0 Å². The van der Waals surface area contributed by atoms with E-state index in [2.05, 4.69) is 0 Å². The molecule has 0 aliphatic rings. The Kier molecular flexibility index (Phi) is 31.4. The maximum absolute atomic E-state index is 11.6. The predicted octanol–water partition coefficient (Wildman–Crippen LogP) is 2.79. The number of hydrogen-bond donors (Lipinski definition) is 2. The Bertz CT molecular complexity index is 468. The van der Waals surface area contributed by atoms with Crippen LogP contribution in [0, 0.1) is 0 Å². The largest absolute Gasteiger partial charge is 0.464 e. The van der Waals surface area contributed by atoms with Crippen LogP contribution in [0.2, 0.25) is 0 Å². The molecule has 0 aromatic rings. The van der Waals surface area contributed by atoms with Gasteiger partial charge in [-0.15, -0.1) is 58.8 Å². The van der Waals surface area contributed by atoms with Crippen LogP contribution < -0.4 is 0 Å². The Morgan fingerprint density at radius 3 is 1.82 bits per heavy atom. The summed E-state index contributed by atoms with van der Waals surface area (Å²) in [6.07, 6.45) is 0. The molecule has 0 saturated heterocycles. The number of aliphatic hydroxyl groups excluding tert-OH is 2. The summed E-state index contributed by atoms with van der Waals surface area (Å²) in [5.74, 6) is 3.06. The van der Waals surface area contributed by atoms with E-state index >= 15 is 0 Å². The highest BCUT2D eigenvalue weighted by Gasteiger charge is 2.05. The van der Waals surface area contributed by atoms with Crippen molar-refractivity contribution in [2.24, 2.45) is 0 Å². The zero-order chi connectivity index (χ0) is 25.0. The molecule has 0 aliphatic heterocycles. The number of aliphatic hydroxyl groups is 2. The van der Waals surface area contributed by atoms with E-state index in [4.69, 9.17) is 38.7 Å². The van der Waals surface area contributed by atoms with Gasteiger partial charge in [-0.25, -0.2) is 19.6 Å². The molecule has 0 aliphatic carbocycles. The van der Waals surface area contributed by atoms with Crippen molar-refractivity contribution in [2.75, 3.05) is 88.9 Å². The highest BCUT2D eigenvalue weighted by atomic mass is 32.2. The molecule has 2 N–H and O–H groups in total. The van der Waals surface area contributed by atoms with Crippen LogP contribution in [0.5, 0.6) is 0 Å². The smallest absolute Gasteiger partial charge is 0.327 e. The SMILES string of the molecule is O=C(CSCCOOCSCSCO)OCCSCCOOCCSCC(=O)OSCSCO. The molecule has 0 amide bonds. The molecule has 0 fully saturated rings. The Morgan fingerprint density at radius 1 is 0.588 bits per heavy atom. The van der Waals surface area contributed by atoms with Gasteiger partial charge in [0.15, 0.2) is 0 Å². The molecule has 0 rings (SSSR count). The van der Waals surface area contributed by atoms with Gasteiger partial charge in [0.25, 0.3) is 0 Å². The highest BCUT2D eigenvalue weighted by molar-refractivity contribution is 8.15. The van der Waals surface area contributed by atoms with E-state index in [-0.39, 0.29) is 35.3 Å². The van der Waals surface area contributed by atoms with Crippen LogP contribution in [0.3, 0.4) is 0 Å². The summed E-state index contributed by atoms with van der Waals surface area (Å²) in [5, 5.41) is 18.4. The molecule has 0 atom stereocenters. The summed E-state index contributed by atoms with van der Waals surface area (Å²) in [5.41, 5.74) is 0. The first kappa shape index (κ1) is 35.2. The van der Waals surface area contributed by atoms with Crippen molar-refractivity contribution < 1.29 is 48.3 Å². The number of thioether (sulfide) groups is 6. The lowest BCUT2D eigenvalue weighted by Gasteiger charge is -2.06. The molecule has 17 heteroatoms. The maximum atomic E-state index is 11.6. The standard InChI is InChI=1S/C17H32O10S7/c18-11-31-14-33-13-26-25-4-8-29-9-16(20)22-1-5-28-6-2-23-24-3-7-30-10-17(21)27-34-15-32-12-19/h18-19H,1-15H2. The quantitative estimate of drug-likeness (QED) is 0.0348. The van der Waals surface area contributed by atoms with E-state index < -0.39 is 0 Å². The van der Waals surface area contributed by atoms with Crippen LogP contribution in [-0.2, 0) is 38.1 Å². The number of ether oxygens (including phenoxy) is 1. The zero-order valence-electron chi connectivity index (χ0n) is 18.6. The van der Waals surface area contributed by atoms with Crippen LogP contribution in [0.25, 0.3) is 0 Å². The van der Waals surface area contributed by atoms with Gasteiger partial charge in [0.05, 0.1) is 60.3 Å². The van der Waals surface area contributed by atoms with Crippen LogP contribution in [0.1, 0.15) is 0 Å². The van der Waals surface area contributed by atoms with E-state index in [1.807, 2.05) is 0 Å². The first-order chi connectivity index (χ1) is 16.7. The van der Waals surface area contributed by atoms with Crippen molar-refractivity contribution in [3.05, 3.63) is 0 Å². The second-order valence-electron chi connectivity index (χ2n) is 5.32. The number of rotatable bonds is 27. The Balaban J connectivity index is 3.21. The number of hydrogen-bond acceptors (Lipinski definition) is 17. The minimum Gasteiger partial charge on any atom is -0.464 e. The first-order valence-electron chi connectivity index (χ1n) is 9.85. The van der Waals surface area contributed by atoms with Gasteiger partial charge in [-0.2, -0.15) is 11.8 Å². The van der Waals surface area contributed by atoms with Crippen LogP contribution in [0.4, 0.5) is 0 Å². The Labute approximate surface area is 230 Å². The maximum Gasteiger partial charge on any atom is 0.327 e. The van der Waals surface area contributed by atoms with Crippen molar-refractivity contribution in [1.29, 1.82) is 0 Å². The number of carbonyl (C=O) groups excluding carboxylic acids is 2. The lowest BCUT2D eigenvalue weighted by molar-refractivity contribution is -0.285. The monoisotopic (exact) mass is 620 g/mol. The van der Waals surface area contributed by atoms with E-state index in [0.29, 0.717) is 60.5 Å². The van der Waals surface area contributed by atoms with Gasteiger partial charge < -0.3 is 19.1 Å². The Morgan fingerprint density at radius 2 is 1.15 bits per heavy atom. The third-order valence-electron chi connectivity index (χ3n) is 2.79. The minimum atomic E-state index is -0.315. The number of carbonyl (C=O) groups is 2. The Hall–Kier alpha value is 1.15. The van der Waals surface area contributed by atoms with Crippen LogP contribution >= 0.6 is 82.6 Å². The zero-order valence-corrected chi connectivity index (χ0v) is 24.3. The molecule has 0 saturated carbocycles. The van der Waals surface area contributed by atoms with E-state index in [0.717, 1.165) is 17.1 Å². The molecule has 0 aromatic heterocycles. The molecular formula is C17H32O10S7. The fourth-order valence-corrected chi connectivity index (χ4v) is 5.44. The predicted molar refractivity (Wildman–Crippen MR) is 147 cm³/mol. The van der Waals surface area contributed by atoms with Gasteiger partial charge in [-0.05, 0) is 0 Å². The van der Waals surface area contributed by atoms with Crippen LogP contribution in [-0.4, -0.2) is 111 Å². The fraction of sp³-hybridized carbons (Fsp3) is 0.882. The molecule has 34 heavy (non-hydrogen) atoms. The molecule has 0 bridgehead atoms. The van der Waals surface area contributed by atoms with Crippen LogP contribution in [0.15, 0.2) is 0 Å². The summed E-state index contributed by atoms with van der Waals surface area (Å²) >= 11 is 9.59. The molecule has 0 radical (unpaired) electrons. The molecule has 0 heterocycles. The molecule has 0 aromatic carbocycles. The lowest BCUT2D eigenvalue weighted by atomic mass is 10.7. The third-order valence-corrected chi connectivity index (χ3v) is 8.81. The summed E-state index contributed by atoms with van der Waals surface area (Å²) in [6, 6.07) is 0. The average Bonchev–Trinajstić information content (AvgIpc) is 2.83. The lowest BCUT2D eigenvalue weighted by Crippen LogP contribution is -2.11. The second kappa shape index (κ2) is 30.4. The average molecular weight is 621 g/mol. The van der Waals surface area contributed by atoms with E-state index in [1.165, 1.54) is 58.8 Å². The van der Waals surface area contributed by atoms with Crippen molar-refractivity contribution >= 4 is 94.6 Å². The topological polar surface area (TPSA) is 130 Å². The van der Waals surface area contributed by atoms with Gasteiger partial charge in [0.1, 0.15) is 12.5 Å². The van der Waals surface area contributed by atoms with Crippen molar-refractivity contribution in [1.82, 2.24) is 0 Å².